The molecule has 0 N–H and O–H groups in total. The summed E-state index contributed by atoms with van der Waals surface area (Å²) in [6.45, 7) is 0. The Balaban J connectivity index is 1.01. The Kier molecular flexibility index (Phi) is 7.85. The van der Waals surface area contributed by atoms with Gasteiger partial charge in [-0.25, -0.2) is 8.42 Å². The zero-order valence-electron chi connectivity index (χ0n) is 30.7. The van der Waals surface area contributed by atoms with Crippen molar-refractivity contribution in [1.29, 1.82) is 0 Å². The lowest BCUT2D eigenvalue weighted by atomic mass is 9.93. The molecule has 1 unspecified atom stereocenters. The summed E-state index contributed by atoms with van der Waals surface area (Å²) in [7, 11) is -3.79. The van der Waals surface area contributed by atoms with Gasteiger partial charge in [0.05, 0.1) is 22.0 Å². The van der Waals surface area contributed by atoms with Crippen LogP contribution in [-0.2, 0) is 9.84 Å². The molecule has 11 rings (SSSR count). The van der Waals surface area contributed by atoms with E-state index in [1.807, 2.05) is 35.2 Å². The summed E-state index contributed by atoms with van der Waals surface area (Å²) in [5, 5.41) is 3.87. The fraction of sp³-hybridized carbons (Fsp3) is 0.0196. The fourth-order valence-corrected chi connectivity index (χ4v) is 11.7. The minimum Gasteiger partial charge on any atom is -0.319 e. The van der Waals surface area contributed by atoms with Gasteiger partial charge in [-0.15, -0.1) is 0 Å². The van der Waals surface area contributed by atoms with Crippen LogP contribution in [0.1, 0.15) is 10.9 Å². The highest BCUT2D eigenvalue weighted by Gasteiger charge is 2.45. The van der Waals surface area contributed by atoms with Crippen LogP contribution < -0.4 is 9.80 Å². The highest BCUT2D eigenvalue weighted by atomic mass is 32.2. The zero-order chi connectivity index (χ0) is 38.1. The highest BCUT2D eigenvalue weighted by molar-refractivity contribution is 7.99. The average molecular weight is 771 g/mol. The van der Waals surface area contributed by atoms with E-state index in [-0.39, 0.29) is 0 Å². The second-order valence-corrected chi connectivity index (χ2v) is 17.6. The number of nitrogens with zero attached hydrogens (tertiary/aromatic N) is 2. The van der Waals surface area contributed by atoms with E-state index >= 15 is 0 Å². The number of hydrogen-bond donors (Lipinski definition) is 0. The second-order valence-electron chi connectivity index (χ2n) is 14.5. The number of sulfone groups is 1. The van der Waals surface area contributed by atoms with Gasteiger partial charge in [0.1, 0.15) is 0 Å². The third kappa shape index (κ3) is 5.47. The van der Waals surface area contributed by atoms with Crippen molar-refractivity contribution in [1.82, 2.24) is 0 Å². The van der Waals surface area contributed by atoms with Gasteiger partial charge in [0, 0.05) is 21.2 Å². The lowest BCUT2D eigenvalue weighted by Crippen LogP contribution is -2.24. The van der Waals surface area contributed by atoms with Crippen LogP contribution >= 0.6 is 11.8 Å². The normalized spacial score (nSPS) is 15.3. The number of hydrogen-bond acceptors (Lipinski definition) is 5. The van der Waals surface area contributed by atoms with Gasteiger partial charge in [0.25, 0.3) is 0 Å². The molecule has 1 atom stereocenters. The minimum absolute atomic E-state index is 0.343. The largest absolute Gasteiger partial charge is 0.319 e. The Bertz CT molecular complexity index is 3130. The molecule has 272 valence electrons. The molecule has 0 saturated heterocycles. The smallest absolute Gasteiger partial charge is 0.206 e. The first-order valence-electron chi connectivity index (χ1n) is 19.0. The fourth-order valence-electron chi connectivity index (χ4n) is 8.62. The maximum absolute atomic E-state index is 14.7. The molecule has 0 amide bonds. The van der Waals surface area contributed by atoms with E-state index in [2.05, 4.69) is 169 Å². The molecule has 0 aromatic heterocycles. The molecule has 2 aliphatic rings. The van der Waals surface area contributed by atoms with Crippen LogP contribution in [-0.4, -0.2) is 8.42 Å². The van der Waals surface area contributed by atoms with Gasteiger partial charge >= 0.3 is 0 Å². The number of rotatable bonds is 5. The highest BCUT2D eigenvalue weighted by Crippen LogP contribution is 2.55. The summed E-state index contributed by atoms with van der Waals surface area (Å²) < 4.78 is 29.3. The molecular weight excluding hydrogens is 737 g/mol. The molecule has 0 radical (unpaired) electrons. The summed E-state index contributed by atoms with van der Waals surface area (Å²) in [6.07, 6.45) is 0. The van der Waals surface area contributed by atoms with Crippen molar-refractivity contribution in [2.45, 2.75) is 20.1 Å². The van der Waals surface area contributed by atoms with Crippen molar-refractivity contribution in [2.75, 3.05) is 9.80 Å². The molecular formula is C51H34N2O2S2. The van der Waals surface area contributed by atoms with Gasteiger partial charge in [-0.3, -0.25) is 0 Å². The quantitative estimate of drug-likeness (QED) is 0.163. The van der Waals surface area contributed by atoms with Crippen molar-refractivity contribution in [3.63, 3.8) is 0 Å². The van der Waals surface area contributed by atoms with E-state index < -0.39 is 15.2 Å². The lowest BCUT2D eigenvalue weighted by molar-refractivity contribution is 0.589. The first-order valence-corrected chi connectivity index (χ1v) is 21.4. The minimum atomic E-state index is -3.79. The molecule has 0 saturated carbocycles. The van der Waals surface area contributed by atoms with Crippen LogP contribution in [0.2, 0.25) is 0 Å². The molecule has 4 nitrogen and oxygen atoms in total. The van der Waals surface area contributed by atoms with Crippen LogP contribution in [0, 0.1) is 0 Å². The molecule has 6 heteroatoms. The van der Waals surface area contributed by atoms with E-state index in [9.17, 15) is 8.42 Å². The van der Waals surface area contributed by atoms with Crippen molar-refractivity contribution < 1.29 is 8.42 Å². The first kappa shape index (κ1) is 33.7. The van der Waals surface area contributed by atoms with Crippen LogP contribution in [0.5, 0.6) is 0 Å². The third-order valence-electron chi connectivity index (χ3n) is 11.3. The van der Waals surface area contributed by atoms with Crippen LogP contribution in [0.3, 0.4) is 0 Å². The van der Waals surface area contributed by atoms with Crippen LogP contribution in [0.25, 0.3) is 43.8 Å². The zero-order valence-corrected chi connectivity index (χ0v) is 32.3. The van der Waals surface area contributed by atoms with Crippen molar-refractivity contribution in [2.24, 2.45) is 0 Å². The molecule has 9 aromatic rings. The van der Waals surface area contributed by atoms with Gasteiger partial charge < -0.3 is 9.80 Å². The maximum atomic E-state index is 14.7. The van der Waals surface area contributed by atoms with E-state index in [1.54, 1.807) is 17.8 Å². The third-order valence-corrected chi connectivity index (χ3v) is 14.4. The average Bonchev–Trinajstić information content (AvgIpc) is 3.51. The van der Waals surface area contributed by atoms with Crippen LogP contribution in [0.4, 0.5) is 28.4 Å². The molecule has 0 spiro atoms. The molecule has 2 aliphatic heterocycles. The Morgan fingerprint density at radius 2 is 1.04 bits per heavy atom. The van der Waals surface area contributed by atoms with Gasteiger partial charge in [-0.2, -0.15) is 0 Å². The Labute approximate surface area is 336 Å². The van der Waals surface area contributed by atoms with Crippen molar-refractivity contribution in [3.8, 4) is 22.3 Å². The lowest BCUT2D eigenvalue weighted by Gasteiger charge is -2.34. The molecule has 9 aromatic carbocycles. The van der Waals surface area contributed by atoms with Crippen molar-refractivity contribution >= 4 is 71.6 Å². The van der Waals surface area contributed by atoms with E-state index in [0.717, 1.165) is 54.8 Å². The Morgan fingerprint density at radius 3 is 1.84 bits per heavy atom. The van der Waals surface area contributed by atoms with Gasteiger partial charge in [0.2, 0.25) is 9.84 Å². The summed E-state index contributed by atoms with van der Waals surface area (Å²) in [5.74, 6) is 0. The first-order chi connectivity index (χ1) is 28.0. The number of fused-ring (bicyclic) bond motifs is 6. The Hall–Kier alpha value is -6.60. The summed E-state index contributed by atoms with van der Waals surface area (Å²) >= 11 is 1.68. The second kappa shape index (κ2) is 13.3. The number of benzene rings is 9. The van der Waals surface area contributed by atoms with E-state index in [1.165, 1.54) is 27.1 Å². The summed E-state index contributed by atoms with van der Waals surface area (Å²) in [4.78, 5) is 6.74. The monoisotopic (exact) mass is 770 g/mol. The van der Waals surface area contributed by atoms with Gasteiger partial charge in [0.15, 0.2) is 5.37 Å². The topological polar surface area (TPSA) is 40.6 Å². The Morgan fingerprint density at radius 1 is 0.439 bits per heavy atom. The predicted octanol–water partition coefficient (Wildman–Crippen LogP) is 13.9. The standard InChI is InChI=1S/C51H34N2O2S2/c54-57(55)50-21-11-9-19-47(50)53(40-29-24-36(25-30-40)44-32-37-14-4-5-15-41(37)42-16-6-7-17-43(42)44)51(57)38-26-31-46-49(33-38)56-48-20-10-8-18-45(48)52(46)39-27-22-35(23-28-39)34-12-2-1-3-13-34/h1-33,51H. The number of para-hydroxylation sites is 2. The molecule has 57 heavy (non-hydrogen) atoms. The SMILES string of the molecule is O=S1(=O)c2ccccc2N(c2ccc(-c3cc4ccccc4c4ccccc34)cc2)C1c1ccc2c(c1)Sc1ccccc1N2c1ccc(-c2ccccc2)cc1. The van der Waals surface area contributed by atoms with Gasteiger partial charge in [-0.05, 0) is 116 Å². The maximum Gasteiger partial charge on any atom is 0.206 e. The number of anilines is 5. The van der Waals surface area contributed by atoms with Crippen molar-refractivity contribution in [3.05, 3.63) is 206 Å². The molecule has 0 aliphatic carbocycles. The van der Waals surface area contributed by atoms with Gasteiger partial charge in [-0.1, -0.05) is 145 Å². The molecule has 2 heterocycles. The van der Waals surface area contributed by atoms with E-state index in [4.69, 9.17) is 0 Å². The molecule has 0 bridgehead atoms. The predicted molar refractivity (Wildman–Crippen MR) is 236 cm³/mol. The molecule has 0 fully saturated rings. The van der Waals surface area contributed by atoms with Crippen LogP contribution in [0.15, 0.2) is 215 Å². The summed E-state index contributed by atoms with van der Waals surface area (Å²) in [5.41, 5.74) is 9.92. The summed E-state index contributed by atoms with van der Waals surface area (Å²) in [6, 6.07) is 68.7. The van der Waals surface area contributed by atoms with E-state index in [0.29, 0.717) is 10.6 Å².